The van der Waals surface area contributed by atoms with E-state index in [-0.39, 0.29) is 18.3 Å². The Morgan fingerprint density at radius 3 is 2.82 bits per heavy atom. The molecule has 0 aliphatic carbocycles. The van der Waals surface area contributed by atoms with Gasteiger partial charge in [0.25, 0.3) is 5.91 Å². The minimum Gasteiger partial charge on any atom is -0.494 e. The van der Waals surface area contributed by atoms with Crippen molar-refractivity contribution in [1.82, 2.24) is 9.88 Å². The van der Waals surface area contributed by atoms with Gasteiger partial charge < -0.3 is 9.47 Å². The van der Waals surface area contributed by atoms with Crippen molar-refractivity contribution in [1.29, 1.82) is 0 Å². The Hall–Kier alpha value is -1.90. The summed E-state index contributed by atoms with van der Waals surface area (Å²) in [5.74, 6) is 0.640. The molecule has 0 atom stereocenters. The highest BCUT2D eigenvalue weighted by Gasteiger charge is 2.24. The Bertz CT molecular complexity index is 1100. The van der Waals surface area contributed by atoms with Gasteiger partial charge in [0.15, 0.2) is 5.13 Å². The maximum absolute atomic E-state index is 13.7. The summed E-state index contributed by atoms with van der Waals surface area (Å²) in [6.07, 6.45) is 2.05. The summed E-state index contributed by atoms with van der Waals surface area (Å²) in [7, 11) is 0. The first-order valence-electron chi connectivity index (χ1n) is 11.5. The summed E-state index contributed by atoms with van der Waals surface area (Å²) in [6, 6.07) is 11.3. The second-order valence-electron chi connectivity index (χ2n) is 8.21. The Morgan fingerprint density at radius 1 is 1.26 bits per heavy atom. The highest BCUT2D eigenvalue weighted by Crippen LogP contribution is 2.34. The summed E-state index contributed by atoms with van der Waals surface area (Å²) in [5, 5.41) is 1.37. The maximum Gasteiger partial charge on any atom is 0.260 e. The highest BCUT2D eigenvalue weighted by molar-refractivity contribution is 7.22. The minimum atomic E-state index is -0.0768. The van der Waals surface area contributed by atoms with Gasteiger partial charge in [-0.3, -0.25) is 14.6 Å². The van der Waals surface area contributed by atoms with Crippen LogP contribution in [0.1, 0.15) is 35.7 Å². The Morgan fingerprint density at radius 2 is 2.06 bits per heavy atom. The van der Waals surface area contributed by atoms with Gasteiger partial charge in [-0.1, -0.05) is 42.3 Å². The van der Waals surface area contributed by atoms with E-state index in [1.807, 2.05) is 43.3 Å². The number of aromatic nitrogens is 1. The fraction of sp³-hybridized carbons (Fsp3) is 0.440. The summed E-state index contributed by atoms with van der Waals surface area (Å²) in [5.41, 5.74) is 2.49. The van der Waals surface area contributed by atoms with Gasteiger partial charge >= 0.3 is 0 Å². The number of aryl methyl sites for hydroxylation is 1. The number of hydrogen-bond donors (Lipinski definition) is 0. The average molecular weight is 525 g/mol. The summed E-state index contributed by atoms with van der Waals surface area (Å²) >= 11 is 7.77. The number of carbonyl (C=O) groups is 1. The van der Waals surface area contributed by atoms with Crippen LogP contribution < -0.4 is 9.64 Å². The van der Waals surface area contributed by atoms with Crippen molar-refractivity contribution in [2.24, 2.45) is 0 Å². The highest BCUT2D eigenvalue weighted by atomic mass is 35.5. The number of thiazole rings is 1. The molecule has 1 fully saturated rings. The minimum absolute atomic E-state index is 0. The predicted molar refractivity (Wildman–Crippen MR) is 142 cm³/mol. The average Bonchev–Trinajstić information content (AvgIpc) is 3.24. The molecule has 0 N–H and O–H groups in total. The zero-order valence-electron chi connectivity index (χ0n) is 19.6. The summed E-state index contributed by atoms with van der Waals surface area (Å²) < 4.78 is 12.3. The molecule has 1 saturated heterocycles. The van der Waals surface area contributed by atoms with Crippen LogP contribution in [0.2, 0.25) is 5.02 Å². The lowest BCUT2D eigenvalue weighted by Gasteiger charge is -2.29. The smallest absolute Gasteiger partial charge is 0.260 e. The maximum atomic E-state index is 13.7. The molecular weight excluding hydrogens is 493 g/mol. The van der Waals surface area contributed by atoms with E-state index >= 15 is 0 Å². The van der Waals surface area contributed by atoms with Crippen LogP contribution in [0.4, 0.5) is 5.13 Å². The first kappa shape index (κ1) is 26.7. The lowest BCUT2D eigenvalue weighted by Crippen LogP contribution is -2.43. The zero-order chi connectivity index (χ0) is 23.2. The Labute approximate surface area is 216 Å². The Kier molecular flexibility index (Phi) is 9.97. The second-order valence-corrected chi connectivity index (χ2v) is 9.65. The third kappa shape index (κ3) is 6.61. The van der Waals surface area contributed by atoms with Gasteiger partial charge in [0.2, 0.25) is 0 Å². The lowest BCUT2D eigenvalue weighted by atomic mass is 10.2. The van der Waals surface area contributed by atoms with Crippen molar-refractivity contribution in [2.45, 2.75) is 26.7 Å². The molecule has 2 aromatic carbocycles. The number of halogens is 2. The summed E-state index contributed by atoms with van der Waals surface area (Å²) in [6.45, 7) is 9.27. The number of anilines is 1. The summed E-state index contributed by atoms with van der Waals surface area (Å²) in [4.78, 5) is 22.6. The first-order valence-corrected chi connectivity index (χ1v) is 12.7. The molecular formula is C25H31Cl2N3O3S. The van der Waals surface area contributed by atoms with Gasteiger partial charge in [0.05, 0.1) is 30.0 Å². The van der Waals surface area contributed by atoms with Gasteiger partial charge in [-0.15, -0.1) is 12.4 Å². The fourth-order valence-electron chi connectivity index (χ4n) is 3.82. The van der Waals surface area contributed by atoms with Crippen LogP contribution in [0.25, 0.3) is 10.2 Å². The molecule has 0 spiro atoms. The molecule has 1 aliphatic rings. The van der Waals surface area contributed by atoms with E-state index in [1.165, 1.54) is 11.3 Å². The molecule has 0 unspecified atom stereocenters. The van der Waals surface area contributed by atoms with E-state index in [4.69, 9.17) is 26.1 Å². The standard InChI is InChI=1S/C25H30ClN3O3S.ClH/c1-3-4-12-32-21-7-5-6-19(16-21)24(30)29(9-8-28-10-13-31-14-11-28)25-27-23-18(2)15-20(26)17-22(23)33-25;/h5-7,15-17H,3-4,8-14H2,1-2H3;1H. The molecule has 4 rings (SSSR count). The van der Waals surface area contributed by atoms with E-state index in [9.17, 15) is 4.79 Å². The number of unbranched alkanes of at least 4 members (excludes halogenated alkanes) is 1. The van der Waals surface area contributed by atoms with Crippen LogP contribution in [0.5, 0.6) is 5.75 Å². The van der Waals surface area contributed by atoms with E-state index in [0.717, 1.165) is 61.5 Å². The third-order valence-electron chi connectivity index (χ3n) is 5.71. The van der Waals surface area contributed by atoms with Crippen molar-refractivity contribution < 1.29 is 14.3 Å². The molecule has 2 heterocycles. The fourth-order valence-corrected chi connectivity index (χ4v) is 5.26. The van der Waals surface area contributed by atoms with Crippen molar-refractivity contribution in [3.05, 3.63) is 52.5 Å². The van der Waals surface area contributed by atoms with Gasteiger partial charge in [0.1, 0.15) is 5.75 Å². The largest absolute Gasteiger partial charge is 0.494 e. The van der Waals surface area contributed by atoms with Crippen LogP contribution in [-0.4, -0.2) is 61.8 Å². The van der Waals surface area contributed by atoms with E-state index in [0.29, 0.717) is 34.6 Å². The molecule has 1 aromatic heterocycles. The molecule has 6 nitrogen and oxygen atoms in total. The molecule has 34 heavy (non-hydrogen) atoms. The number of nitrogens with zero attached hydrogens (tertiary/aromatic N) is 3. The van der Waals surface area contributed by atoms with Crippen LogP contribution in [0, 0.1) is 6.92 Å². The van der Waals surface area contributed by atoms with Crippen molar-refractivity contribution in [2.75, 3.05) is 50.9 Å². The van der Waals surface area contributed by atoms with Crippen LogP contribution in [0.15, 0.2) is 36.4 Å². The van der Waals surface area contributed by atoms with Crippen LogP contribution in [0.3, 0.4) is 0 Å². The lowest BCUT2D eigenvalue weighted by molar-refractivity contribution is 0.0391. The first-order chi connectivity index (χ1) is 16.0. The molecule has 1 amide bonds. The van der Waals surface area contributed by atoms with Crippen molar-refractivity contribution in [3.8, 4) is 5.75 Å². The zero-order valence-corrected chi connectivity index (χ0v) is 22.0. The Balaban J connectivity index is 0.00000324. The van der Waals surface area contributed by atoms with E-state index < -0.39 is 0 Å². The number of ether oxygens (including phenoxy) is 2. The van der Waals surface area contributed by atoms with Crippen LogP contribution >= 0.6 is 35.3 Å². The molecule has 1 aliphatic heterocycles. The third-order valence-corrected chi connectivity index (χ3v) is 6.95. The van der Waals surface area contributed by atoms with E-state index in [2.05, 4.69) is 11.8 Å². The quantitative estimate of drug-likeness (QED) is 0.330. The second kappa shape index (κ2) is 12.7. The topological polar surface area (TPSA) is 54.9 Å². The molecule has 0 bridgehead atoms. The van der Waals surface area contributed by atoms with Gasteiger partial charge in [0, 0.05) is 36.8 Å². The van der Waals surface area contributed by atoms with Crippen LogP contribution in [-0.2, 0) is 4.74 Å². The molecule has 9 heteroatoms. The molecule has 0 saturated carbocycles. The van der Waals surface area contributed by atoms with Gasteiger partial charge in [-0.2, -0.15) is 0 Å². The van der Waals surface area contributed by atoms with Gasteiger partial charge in [-0.05, 0) is 49.2 Å². The molecule has 3 aromatic rings. The molecule has 184 valence electrons. The number of amides is 1. The number of rotatable bonds is 9. The number of carbonyl (C=O) groups excluding carboxylic acids is 1. The number of benzene rings is 2. The van der Waals surface area contributed by atoms with Crippen molar-refractivity contribution >= 4 is 56.6 Å². The normalized spacial score (nSPS) is 14.1. The van der Waals surface area contributed by atoms with Crippen molar-refractivity contribution in [3.63, 3.8) is 0 Å². The number of hydrogen-bond acceptors (Lipinski definition) is 6. The molecule has 0 radical (unpaired) electrons. The monoisotopic (exact) mass is 523 g/mol. The SMILES string of the molecule is CCCCOc1cccc(C(=O)N(CCN2CCOCC2)c2nc3c(C)cc(Cl)cc3s2)c1.Cl. The number of morpholine rings is 1. The number of fused-ring (bicyclic) bond motifs is 1. The predicted octanol–water partition coefficient (Wildman–Crippen LogP) is 5.84. The van der Waals surface area contributed by atoms with Gasteiger partial charge in [-0.25, -0.2) is 4.98 Å². The van der Waals surface area contributed by atoms with E-state index in [1.54, 1.807) is 4.90 Å².